The molecule has 0 spiro atoms. The Morgan fingerprint density at radius 2 is 2.12 bits per heavy atom. The fourth-order valence-electron chi connectivity index (χ4n) is 1.44. The Kier molecular flexibility index (Phi) is 3.68. The molecule has 1 aromatic carbocycles. The SMILES string of the molecule is N#CC1=C(Nc2ccccc2)SCCN=C1N. The molecule has 0 aliphatic carbocycles. The summed E-state index contributed by atoms with van der Waals surface area (Å²) in [7, 11) is 0. The number of nitriles is 1. The van der Waals surface area contributed by atoms with E-state index in [1.165, 1.54) is 0 Å². The first-order valence-electron chi connectivity index (χ1n) is 5.21. The minimum absolute atomic E-state index is 0.316. The summed E-state index contributed by atoms with van der Waals surface area (Å²) in [5.74, 6) is 1.14. The molecule has 0 atom stereocenters. The Labute approximate surface area is 104 Å². The lowest BCUT2D eigenvalue weighted by atomic mass is 10.2. The third-order valence-corrected chi connectivity index (χ3v) is 3.23. The molecule has 0 fully saturated rings. The van der Waals surface area contributed by atoms with E-state index in [1.54, 1.807) is 11.8 Å². The Morgan fingerprint density at radius 1 is 1.35 bits per heavy atom. The van der Waals surface area contributed by atoms with Gasteiger partial charge in [-0.25, -0.2) is 0 Å². The molecule has 17 heavy (non-hydrogen) atoms. The fraction of sp³-hybridized carbons (Fsp3) is 0.167. The van der Waals surface area contributed by atoms with E-state index in [2.05, 4.69) is 16.4 Å². The van der Waals surface area contributed by atoms with Crippen LogP contribution < -0.4 is 11.1 Å². The Balaban J connectivity index is 2.30. The smallest absolute Gasteiger partial charge is 0.139 e. The van der Waals surface area contributed by atoms with Gasteiger partial charge in [0.2, 0.25) is 0 Å². The van der Waals surface area contributed by atoms with Crippen LogP contribution in [-0.4, -0.2) is 18.1 Å². The molecule has 1 aliphatic rings. The van der Waals surface area contributed by atoms with Crippen molar-refractivity contribution in [2.75, 3.05) is 17.6 Å². The number of para-hydroxylation sites is 1. The highest BCUT2D eigenvalue weighted by molar-refractivity contribution is 8.03. The molecule has 0 bridgehead atoms. The van der Waals surface area contributed by atoms with Gasteiger partial charge in [0.15, 0.2) is 0 Å². The van der Waals surface area contributed by atoms with Crippen molar-refractivity contribution in [2.24, 2.45) is 10.7 Å². The van der Waals surface area contributed by atoms with Crippen molar-refractivity contribution in [3.8, 4) is 6.07 Å². The zero-order valence-corrected chi connectivity index (χ0v) is 10.00. The number of rotatable bonds is 2. The van der Waals surface area contributed by atoms with Crippen LogP contribution in [0.4, 0.5) is 5.69 Å². The summed E-state index contributed by atoms with van der Waals surface area (Å²) in [4.78, 5) is 4.12. The molecule has 4 nitrogen and oxygen atoms in total. The maximum Gasteiger partial charge on any atom is 0.139 e. The maximum atomic E-state index is 9.11. The number of nitrogens with one attached hydrogen (secondary N) is 1. The van der Waals surface area contributed by atoms with Gasteiger partial charge in [0.25, 0.3) is 0 Å². The second kappa shape index (κ2) is 5.41. The minimum atomic E-state index is 0.316. The average Bonchev–Trinajstić information content (AvgIpc) is 2.52. The van der Waals surface area contributed by atoms with Gasteiger partial charge in [0, 0.05) is 11.4 Å². The Bertz CT molecular complexity index is 499. The molecule has 2 rings (SSSR count). The third-order valence-electron chi connectivity index (χ3n) is 2.25. The van der Waals surface area contributed by atoms with Gasteiger partial charge in [-0.3, -0.25) is 4.99 Å². The van der Waals surface area contributed by atoms with E-state index in [1.807, 2.05) is 30.3 Å². The van der Waals surface area contributed by atoms with Crippen molar-refractivity contribution in [1.82, 2.24) is 0 Å². The fourth-order valence-corrected chi connectivity index (χ4v) is 2.31. The number of benzene rings is 1. The van der Waals surface area contributed by atoms with E-state index < -0.39 is 0 Å². The van der Waals surface area contributed by atoms with Crippen molar-refractivity contribution < 1.29 is 0 Å². The lowest BCUT2D eigenvalue weighted by Crippen LogP contribution is -2.16. The first-order chi connectivity index (χ1) is 8.31. The standard InChI is InChI=1S/C12H12N4S/c13-8-10-11(14)15-6-7-17-12(10)16-9-4-2-1-3-5-9/h1-5,16H,6-7H2,(H2,14,15). The van der Waals surface area contributed by atoms with Crippen LogP contribution in [0.15, 0.2) is 45.9 Å². The van der Waals surface area contributed by atoms with Crippen LogP contribution in [0.25, 0.3) is 0 Å². The summed E-state index contributed by atoms with van der Waals surface area (Å²) in [6.07, 6.45) is 0. The molecule has 5 heteroatoms. The zero-order valence-electron chi connectivity index (χ0n) is 9.18. The summed E-state index contributed by atoms with van der Waals surface area (Å²) in [6.45, 7) is 0.641. The van der Waals surface area contributed by atoms with E-state index in [-0.39, 0.29) is 0 Å². The van der Waals surface area contributed by atoms with Crippen LogP contribution >= 0.6 is 11.8 Å². The summed E-state index contributed by atoms with van der Waals surface area (Å²) >= 11 is 1.57. The number of aliphatic imine (C=N–C) groups is 1. The molecule has 0 saturated carbocycles. The van der Waals surface area contributed by atoms with E-state index >= 15 is 0 Å². The van der Waals surface area contributed by atoms with E-state index in [4.69, 9.17) is 11.0 Å². The van der Waals surface area contributed by atoms with Crippen molar-refractivity contribution in [1.29, 1.82) is 5.26 Å². The highest BCUT2D eigenvalue weighted by Crippen LogP contribution is 2.24. The quantitative estimate of drug-likeness (QED) is 0.833. The van der Waals surface area contributed by atoms with Gasteiger partial charge in [-0.2, -0.15) is 5.26 Å². The number of hydrogen-bond donors (Lipinski definition) is 2. The summed E-state index contributed by atoms with van der Waals surface area (Å²) in [5.41, 5.74) is 7.12. The molecular weight excluding hydrogens is 232 g/mol. The van der Waals surface area contributed by atoms with Gasteiger partial charge in [-0.1, -0.05) is 18.2 Å². The largest absolute Gasteiger partial charge is 0.383 e. The Morgan fingerprint density at radius 3 is 2.82 bits per heavy atom. The molecule has 1 aromatic rings. The van der Waals surface area contributed by atoms with Gasteiger partial charge in [0.1, 0.15) is 17.5 Å². The van der Waals surface area contributed by atoms with E-state index in [9.17, 15) is 0 Å². The summed E-state index contributed by atoms with van der Waals surface area (Å²) in [5, 5.41) is 13.1. The first-order valence-corrected chi connectivity index (χ1v) is 6.19. The lowest BCUT2D eigenvalue weighted by molar-refractivity contribution is 1.14. The number of amidine groups is 1. The molecule has 0 radical (unpaired) electrons. The van der Waals surface area contributed by atoms with E-state index in [0.717, 1.165) is 16.5 Å². The minimum Gasteiger partial charge on any atom is -0.383 e. The predicted molar refractivity (Wildman–Crippen MR) is 71.7 cm³/mol. The molecule has 86 valence electrons. The number of anilines is 1. The molecule has 0 saturated heterocycles. The van der Waals surface area contributed by atoms with Gasteiger partial charge in [-0.05, 0) is 12.1 Å². The number of thioether (sulfide) groups is 1. The summed E-state index contributed by atoms with van der Waals surface area (Å²) < 4.78 is 0. The summed E-state index contributed by atoms with van der Waals surface area (Å²) in [6, 6.07) is 11.8. The monoisotopic (exact) mass is 244 g/mol. The van der Waals surface area contributed by atoms with Crippen LogP contribution in [0.3, 0.4) is 0 Å². The molecule has 0 aromatic heterocycles. The highest BCUT2D eigenvalue weighted by atomic mass is 32.2. The maximum absolute atomic E-state index is 9.11. The van der Waals surface area contributed by atoms with Gasteiger partial charge in [-0.15, -0.1) is 11.8 Å². The average molecular weight is 244 g/mol. The molecule has 3 N–H and O–H groups in total. The van der Waals surface area contributed by atoms with Gasteiger partial charge in [0.05, 0.1) is 11.6 Å². The molecule has 1 heterocycles. The van der Waals surface area contributed by atoms with Crippen molar-refractivity contribution >= 4 is 23.3 Å². The number of nitrogens with zero attached hydrogens (tertiary/aromatic N) is 2. The normalized spacial score (nSPS) is 15.8. The topological polar surface area (TPSA) is 74.2 Å². The second-order valence-corrected chi connectivity index (χ2v) is 4.53. The van der Waals surface area contributed by atoms with Gasteiger partial charge < -0.3 is 11.1 Å². The van der Waals surface area contributed by atoms with E-state index in [0.29, 0.717) is 18.0 Å². The van der Waals surface area contributed by atoms with Gasteiger partial charge >= 0.3 is 0 Å². The first kappa shape index (κ1) is 11.6. The highest BCUT2D eigenvalue weighted by Gasteiger charge is 2.14. The lowest BCUT2D eigenvalue weighted by Gasteiger charge is -2.10. The molecule has 1 aliphatic heterocycles. The van der Waals surface area contributed by atoms with Crippen molar-refractivity contribution in [2.45, 2.75) is 0 Å². The van der Waals surface area contributed by atoms with Crippen LogP contribution in [0.1, 0.15) is 0 Å². The molecule has 0 unspecified atom stereocenters. The van der Waals surface area contributed by atoms with Crippen molar-refractivity contribution in [3.63, 3.8) is 0 Å². The third kappa shape index (κ3) is 2.80. The predicted octanol–water partition coefficient (Wildman–Crippen LogP) is 1.94. The molecular formula is C12H12N4S. The molecule has 0 amide bonds. The second-order valence-electron chi connectivity index (χ2n) is 3.42. The van der Waals surface area contributed by atoms with Crippen LogP contribution in [-0.2, 0) is 0 Å². The van der Waals surface area contributed by atoms with Crippen LogP contribution in [0.5, 0.6) is 0 Å². The Hall–Kier alpha value is -1.93. The zero-order chi connectivity index (χ0) is 12.1. The van der Waals surface area contributed by atoms with Crippen molar-refractivity contribution in [3.05, 3.63) is 40.9 Å². The van der Waals surface area contributed by atoms with Crippen LogP contribution in [0.2, 0.25) is 0 Å². The number of hydrogen-bond acceptors (Lipinski definition) is 5. The van der Waals surface area contributed by atoms with Crippen LogP contribution in [0, 0.1) is 11.3 Å². The number of nitrogens with two attached hydrogens (primary N) is 1.